The van der Waals surface area contributed by atoms with Crippen LogP contribution in [0.2, 0.25) is 0 Å². The van der Waals surface area contributed by atoms with E-state index < -0.39 is 6.29 Å². The Bertz CT molecular complexity index is 819. The van der Waals surface area contributed by atoms with Gasteiger partial charge in [0.1, 0.15) is 12.3 Å². The van der Waals surface area contributed by atoms with Crippen molar-refractivity contribution in [2.45, 2.75) is 91.0 Å². The van der Waals surface area contributed by atoms with Gasteiger partial charge in [0, 0.05) is 12.5 Å². The standard InChI is InChI=1S/C29H44NO3/c1-6-7-8-9-10-11-15-20-27-21-16-17-22-28(27)32-25(3)33-29(31)24(2)30(4,5)23-26-18-13-12-14-19-26/h12-14,16-19,21-22,24-25H,6-11,15,20,23H2,1-5H3/q+1. The van der Waals surface area contributed by atoms with Crippen LogP contribution in [0.25, 0.3) is 0 Å². The molecule has 0 heterocycles. The molecule has 2 atom stereocenters. The highest BCUT2D eigenvalue weighted by atomic mass is 16.7. The summed E-state index contributed by atoms with van der Waals surface area (Å²) in [6.07, 6.45) is 9.36. The number of ether oxygens (including phenoxy) is 2. The van der Waals surface area contributed by atoms with Gasteiger partial charge in [-0.15, -0.1) is 0 Å². The molecule has 182 valence electrons. The van der Waals surface area contributed by atoms with E-state index in [1.54, 1.807) is 6.92 Å². The predicted molar refractivity (Wildman–Crippen MR) is 136 cm³/mol. The maximum atomic E-state index is 12.9. The normalized spacial score (nSPS) is 13.4. The summed E-state index contributed by atoms with van der Waals surface area (Å²) < 4.78 is 12.3. The first-order valence-corrected chi connectivity index (χ1v) is 12.6. The second-order valence-corrected chi connectivity index (χ2v) is 9.70. The molecular formula is C29H44NO3+. The average Bonchev–Trinajstić information content (AvgIpc) is 2.79. The van der Waals surface area contributed by atoms with Crippen LogP contribution < -0.4 is 4.74 Å². The number of quaternary nitrogens is 1. The predicted octanol–water partition coefficient (Wildman–Crippen LogP) is 6.91. The topological polar surface area (TPSA) is 35.5 Å². The molecule has 0 spiro atoms. The summed E-state index contributed by atoms with van der Waals surface area (Å²) in [5, 5.41) is 0. The van der Waals surface area contributed by atoms with Crippen LogP contribution in [0.5, 0.6) is 5.75 Å². The van der Waals surface area contributed by atoms with Crippen molar-refractivity contribution in [1.29, 1.82) is 0 Å². The molecule has 2 unspecified atom stereocenters. The van der Waals surface area contributed by atoms with Gasteiger partial charge in [-0.05, 0) is 31.4 Å². The number of para-hydroxylation sites is 1. The van der Waals surface area contributed by atoms with E-state index in [0.29, 0.717) is 4.48 Å². The van der Waals surface area contributed by atoms with E-state index in [1.165, 1.54) is 49.7 Å². The minimum absolute atomic E-state index is 0.243. The number of aryl methyl sites for hydroxylation is 1. The van der Waals surface area contributed by atoms with Crippen LogP contribution in [-0.2, 0) is 22.5 Å². The highest BCUT2D eigenvalue weighted by molar-refractivity contribution is 5.74. The molecule has 2 rings (SSSR count). The van der Waals surface area contributed by atoms with E-state index >= 15 is 0 Å². The fourth-order valence-electron chi connectivity index (χ4n) is 4.04. The third kappa shape index (κ3) is 9.59. The number of benzene rings is 2. The van der Waals surface area contributed by atoms with Crippen molar-refractivity contribution < 1.29 is 18.8 Å². The molecule has 0 fully saturated rings. The second-order valence-electron chi connectivity index (χ2n) is 9.70. The first-order chi connectivity index (χ1) is 15.8. The number of unbranched alkanes of at least 4 members (excludes halogenated alkanes) is 6. The van der Waals surface area contributed by atoms with Crippen LogP contribution in [0.3, 0.4) is 0 Å². The van der Waals surface area contributed by atoms with E-state index in [0.717, 1.165) is 25.1 Å². The average molecular weight is 455 g/mol. The highest BCUT2D eigenvalue weighted by Gasteiger charge is 2.33. The summed E-state index contributed by atoms with van der Waals surface area (Å²) in [6, 6.07) is 18.0. The summed E-state index contributed by atoms with van der Waals surface area (Å²) in [7, 11) is 4.12. The Hall–Kier alpha value is -2.33. The van der Waals surface area contributed by atoms with Crippen molar-refractivity contribution in [3.05, 3.63) is 65.7 Å². The molecule has 0 aliphatic carbocycles. The lowest BCUT2D eigenvalue weighted by molar-refractivity contribution is -0.917. The SMILES string of the molecule is CCCCCCCCCc1ccccc1OC(C)OC(=O)C(C)[N+](C)(C)Cc1ccccc1. The fraction of sp³-hybridized carbons (Fsp3) is 0.552. The van der Waals surface area contributed by atoms with Gasteiger partial charge in [0.15, 0.2) is 6.04 Å². The molecule has 4 nitrogen and oxygen atoms in total. The molecule has 2 aromatic rings. The minimum Gasteiger partial charge on any atom is -0.455 e. The number of hydrogen-bond acceptors (Lipinski definition) is 3. The van der Waals surface area contributed by atoms with E-state index in [4.69, 9.17) is 9.47 Å². The number of carbonyl (C=O) groups is 1. The van der Waals surface area contributed by atoms with Crippen molar-refractivity contribution in [3.8, 4) is 5.75 Å². The monoisotopic (exact) mass is 454 g/mol. The Kier molecular flexibility index (Phi) is 11.5. The van der Waals surface area contributed by atoms with Gasteiger partial charge in [-0.3, -0.25) is 0 Å². The number of likely N-dealkylation sites (N-methyl/N-ethyl adjacent to an activating group) is 1. The van der Waals surface area contributed by atoms with Gasteiger partial charge < -0.3 is 14.0 Å². The van der Waals surface area contributed by atoms with E-state index in [-0.39, 0.29) is 12.0 Å². The zero-order chi connectivity index (χ0) is 24.1. The molecule has 0 aliphatic heterocycles. The maximum absolute atomic E-state index is 12.9. The Balaban J connectivity index is 1.84. The third-order valence-electron chi connectivity index (χ3n) is 6.42. The molecule has 0 saturated carbocycles. The molecule has 33 heavy (non-hydrogen) atoms. The van der Waals surface area contributed by atoms with Crippen LogP contribution in [-0.4, -0.2) is 36.9 Å². The zero-order valence-corrected chi connectivity index (χ0v) is 21.4. The fourth-order valence-corrected chi connectivity index (χ4v) is 4.04. The van der Waals surface area contributed by atoms with Gasteiger partial charge in [-0.1, -0.05) is 94.0 Å². The Morgan fingerprint density at radius 3 is 2.15 bits per heavy atom. The van der Waals surface area contributed by atoms with Crippen molar-refractivity contribution in [2.75, 3.05) is 14.1 Å². The summed E-state index contributed by atoms with van der Waals surface area (Å²) in [5.74, 6) is 0.572. The molecule has 0 amide bonds. The van der Waals surface area contributed by atoms with Crippen LogP contribution in [0.15, 0.2) is 54.6 Å². The van der Waals surface area contributed by atoms with Crippen molar-refractivity contribution in [2.24, 2.45) is 0 Å². The summed E-state index contributed by atoms with van der Waals surface area (Å²) in [6.45, 7) is 6.73. The first kappa shape index (κ1) is 26.9. The molecule has 0 bridgehead atoms. The van der Waals surface area contributed by atoms with Crippen LogP contribution in [0.4, 0.5) is 0 Å². The van der Waals surface area contributed by atoms with Gasteiger partial charge in [-0.2, -0.15) is 0 Å². The Labute approximate surface area is 201 Å². The summed E-state index contributed by atoms with van der Waals surface area (Å²) in [5.41, 5.74) is 2.38. The Morgan fingerprint density at radius 2 is 1.45 bits per heavy atom. The van der Waals surface area contributed by atoms with Crippen LogP contribution in [0.1, 0.15) is 76.8 Å². The van der Waals surface area contributed by atoms with Gasteiger partial charge in [-0.25, -0.2) is 4.79 Å². The smallest absolute Gasteiger partial charge is 0.367 e. The summed E-state index contributed by atoms with van der Waals surface area (Å²) in [4.78, 5) is 12.9. The summed E-state index contributed by atoms with van der Waals surface area (Å²) >= 11 is 0. The molecule has 0 saturated heterocycles. The second kappa shape index (κ2) is 14.0. The lowest BCUT2D eigenvalue weighted by Gasteiger charge is -2.35. The minimum atomic E-state index is -0.633. The van der Waals surface area contributed by atoms with Crippen LogP contribution >= 0.6 is 0 Å². The molecule has 0 radical (unpaired) electrons. The van der Waals surface area contributed by atoms with Gasteiger partial charge in [0.2, 0.25) is 6.29 Å². The molecule has 2 aromatic carbocycles. The molecule has 0 N–H and O–H groups in total. The Morgan fingerprint density at radius 1 is 0.848 bits per heavy atom. The van der Waals surface area contributed by atoms with Crippen molar-refractivity contribution in [3.63, 3.8) is 0 Å². The van der Waals surface area contributed by atoms with Gasteiger partial charge in [0.05, 0.1) is 14.1 Å². The van der Waals surface area contributed by atoms with E-state index in [1.807, 2.05) is 43.3 Å². The van der Waals surface area contributed by atoms with Gasteiger partial charge in [0.25, 0.3) is 0 Å². The van der Waals surface area contributed by atoms with E-state index in [9.17, 15) is 4.79 Å². The lowest BCUT2D eigenvalue weighted by atomic mass is 10.0. The quantitative estimate of drug-likeness (QED) is 0.127. The van der Waals surface area contributed by atoms with Gasteiger partial charge >= 0.3 is 5.97 Å². The number of hydrogen-bond donors (Lipinski definition) is 0. The third-order valence-corrected chi connectivity index (χ3v) is 6.42. The maximum Gasteiger partial charge on any atom is 0.367 e. The lowest BCUT2D eigenvalue weighted by Crippen LogP contribution is -2.51. The first-order valence-electron chi connectivity index (χ1n) is 12.6. The molecule has 4 heteroatoms. The number of nitrogens with zero attached hydrogens (tertiary/aromatic N) is 1. The zero-order valence-electron chi connectivity index (χ0n) is 21.4. The largest absolute Gasteiger partial charge is 0.455 e. The molecular weight excluding hydrogens is 410 g/mol. The molecule has 0 aromatic heterocycles. The van der Waals surface area contributed by atoms with Crippen molar-refractivity contribution >= 4 is 5.97 Å². The number of carbonyl (C=O) groups excluding carboxylic acids is 1. The molecule has 0 aliphatic rings. The highest BCUT2D eigenvalue weighted by Crippen LogP contribution is 2.23. The number of rotatable bonds is 15. The van der Waals surface area contributed by atoms with Crippen LogP contribution in [0, 0.1) is 0 Å². The number of esters is 1. The van der Waals surface area contributed by atoms with E-state index in [2.05, 4.69) is 39.2 Å². The van der Waals surface area contributed by atoms with Crippen molar-refractivity contribution in [1.82, 2.24) is 0 Å².